The second-order valence-electron chi connectivity index (χ2n) is 4.13. The Morgan fingerprint density at radius 2 is 1.94 bits per heavy atom. The molecule has 4 nitrogen and oxygen atoms in total. The fraction of sp³-hybridized carbons (Fsp3) is 0.385. The summed E-state index contributed by atoms with van der Waals surface area (Å²) in [5, 5.41) is 9.39. The first-order chi connectivity index (χ1) is 7.96. The highest BCUT2D eigenvalue weighted by Gasteiger charge is 2.40. The van der Waals surface area contributed by atoms with Gasteiger partial charge in [0.25, 0.3) is 0 Å². The first-order valence-electron chi connectivity index (χ1n) is 5.49. The molecule has 1 N–H and O–H groups in total. The highest BCUT2D eigenvalue weighted by atomic mass is 16.4. The molecule has 0 spiro atoms. The van der Waals surface area contributed by atoms with Crippen LogP contribution in [0.5, 0.6) is 0 Å². The number of carbonyl (C=O) groups is 2. The fourth-order valence-corrected chi connectivity index (χ4v) is 1.79. The summed E-state index contributed by atoms with van der Waals surface area (Å²) >= 11 is 0. The number of rotatable bonds is 5. The Labute approximate surface area is 101 Å². The van der Waals surface area contributed by atoms with Gasteiger partial charge in [0.1, 0.15) is 0 Å². The maximum absolute atomic E-state index is 11.5. The third-order valence-corrected chi connectivity index (χ3v) is 3.07. The van der Waals surface area contributed by atoms with Gasteiger partial charge in [0.2, 0.25) is 6.41 Å². The molecule has 0 heterocycles. The van der Waals surface area contributed by atoms with Crippen molar-refractivity contribution in [1.82, 2.24) is 4.90 Å². The van der Waals surface area contributed by atoms with Crippen LogP contribution < -0.4 is 0 Å². The van der Waals surface area contributed by atoms with Crippen molar-refractivity contribution < 1.29 is 14.7 Å². The van der Waals surface area contributed by atoms with E-state index in [1.807, 2.05) is 19.1 Å². The van der Waals surface area contributed by atoms with Crippen LogP contribution in [-0.4, -0.2) is 28.9 Å². The van der Waals surface area contributed by atoms with E-state index in [4.69, 9.17) is 0 Å². The lowest BCUT2D eigenvalue weighted by molar-refractivity contribution is -0.154. The monoisotopic (exact) mass is 235 g/mol. The molecule has 17 heavy (non-hydrogen) atoms. The fourth-order valence-electron chi connectivity index (χ4n) is 1.79. The van der Waals surface area contributed by atoms with Gasteiger partial charge < -0.3 is 10.0 Å². The normalized spacial score (nSPS) is 13.8. The Balaban J connectivity index is 3.29. The molecule has 1 amide bonds. The standard InChI is InChI=1S/C13H17NO3/c1-4-14(9-15)13(3,12(16)17)11-7-5-10(2)6-8-11/h5-9H,4H2,1-3H3,(H,16,17). The highest BCUT2D eigenvalue weighted by Crippen LogP contribution is 2.27. The molecule has 0 aromatic heterocycles. The maximum Gasteiger partial charge on any atom is 0.334 e. The van der Waals surface area contributed by atoms with Crippen molar-refractivity contribution in [1.29, 1.82) is 0 Å². The van der Waals surface area contributed by atoms with Gasteiger partial charge in [-0.3, -0.25) is 4.79 Å². The Morgan fingerprint density at radius 1 is 1.41 bits per heavy atom. The van der Waals surface area contributed by atoms with E-state index in [0.29, 0.717) is 18.5 Å². The second-order valence-corrected chi connectivity index (χ2v) is 4.13. The van der Waals surface area contributed by atoms with E-state index < -0.39 is 11.5 Å². The van der Waals surface area contributed by atoms with Crippen molar-refractivity contribution in [2.45, 2.75) is 26.3 Å². The van der Waals surface area contributed by atoms with Crippen LogP contribution in [0.25, 0.3) is 0 Å². The zero-order valence-corrected chi connectivity index (χ0v) is 10.3. The van der Waals surface area contributed by atoms with Crippen LogP contribution in [0.15, 0.2) is 24.3 Å². The molecule has 0 fully saturated rings. The van der Waals surface area contributed by atoms with Crippen molar-refractivity contribution in [2.75, 3.05) is 6.54 Å². The van der Waals surface area contributed by atoms with Crippen molar-refractivity contribution >= 4 is 12.4 Å². The van der Waals surface area contributed by atoms with Crippen molar-refractivity contribution in [3.8, 4) is 0 Å². The summed E-state index contributed by atoms with van der Waals surface area (Å²) < 4.78 is 0. The van der Waals surface area contributed by atoms with Gasteiger partial charge in [-0.25, -0.2) is 4.79 Å². The summed E-state index contributed by atoms with van der Waals surface area (Å²) in [6.45, 7) is 5.57. The number of aliphatic carboxylic acids is 1. The Bertz CT molecular complexity index is 413. The average Bonchev–Trinajstić information content (AvgIpc) is 2.30. The van der Waals surface area contributed by atoms with Crippen LogP contribution in [0.4, 0.5) is 0 Å². The third kappa shape index (κ3) is 2.30. The van der Waals surface area contributed by atoms with E-state index in [2.05, 4.69) is 0 Å². The van der Waals surface area contributed by atoms with E-state index in [0.717, 1.165) is 5.56 Å². The van der Waals surface area contributed by atoms with Crippen molar-refractivity contribution in [2.24, 2.45) is 0 Å². The molecule has 1 unspecified atom stereocenters. The Kier molecular flexibility index (Phi) is 3.89. The SMILES string of the molecule is CCN(C=O)C(C)(C(=O)O)c1ccc(C)cc1. The number of aryl methyl sites for hydroxylation is 1. The van der Waals surface area contributed by atoms with Gasteiger partial charge >= 0.3 is 5.97 Å². The summed E-state index contributed by atoms with van der Waals surface area (Å²) in [5.74, 6) is -1.03. The maximum atomic E-state index is 11.5. The molecule has 0 saturated heterocycles. The van der Waals surface area contributed by atoms with Gasteiger partial charge in [-0.05, 0) is 26.3 Å². The van der Waals surface area contributed by atoms with E-state index in [-0.39, 0.29) is 0 Å². The molecular weight excluding hydrogens is 218 g/mol. The summed E-state index contributed by atoms with van der Waals surface area (Å²) in [6.07, 6.45) is 0.577. The van der Waals surface area contributed by atoms with Gasteiger partial charge in [0.05, 0.1) is 0 Å². The van der Waals surface area contributed by atoms with Crippen LogP contribution in [0, 0.1) is 6.92 Å². The lowest BCUT2D eigenvalue weighted by Gasteiger charge is -2.34. The number of hydrogen-bond acceptors (Lipinski definition) is 2. The van der Waals surface area contributed by atoms with Gasteiger partial charge in [-0.1, -0.05) is 29.8 Å². The van der Waals surface area contributed by atoms with E-state index in [1.165, 1.54) is 11.8 Å². The van der Waals surface area contributed by atoms with Crippen LogP contribution in [-0.2, 0) is 15.1 Å². The first-order valence-corrected chi connectivity index (χ1v) is 5.49. The van der Waals surface area contributed by atoms with Crippen LogP contribution in [0.2, 0.25) is 0 Å². The second kappa shape index (κ2) is 4.99. The van der Waals surface area contributed by atoms with Gasteiger partial charge in [-0.15, -0.1) is 0 Å². The van der Waals surface area contributed by atoms with Gasteiger partial charge in [-0.2, -0.15) is 0 Å². The quantitative estimate of drug-likeness (QED) is 0.791. The van der Waals surface area contributed by atoms with Gasteiger partial charge in [0.15, 0.2) is 5.54 Å². The molecule has 0 radical (unpaired) electrons. The number of likely N-dealkylation sites (N-methyl/N-ethyl adjacent to an activating group) is 1. The summed E-state index contributed by atoms with van der Waals surface area (Å²) in [4.78, 5) is 23.7. The minimum atomic E-state index is -1.32. The van der Waals surface area contributed by atoms with Crippen molar-refractivity contribution in [3.63, 3.8) is 0 Å². The minimum Gasteiger partial charge on any atom is -0.479 e. The molecule has 1 atom stereocenters. The van der Waals surface area contributed by atoms with Crippen molar-refractivity contribution in [3.05, 3.63) is 35.4 Å². The average molecular weight is 235 g/mol. The summed E-state index contributed by atoms with van der Waals surface area (Å²) in [6, 6.07) is 7.18. The van der Waals surface area contributed by atoms with Crippen LogP contribution >= 0.6 is 0 Å². The van der Waals surface area contributed by atoms with E-state index in [1.54, 1.807) is 19.1 Å². The topological polar surface area (TPSA) is 57.6 Å². The Morgan fingerprint density at radius 3 is 2.29 bits per heavy atom. The molecule has 0 aliphatic rings. The smallest absolute Gasteiger partial charge is 0.334 e. The lowest BCUT2D eigenvalue weighted by Crippen LogP contribution is -2.49. The van der Waals surface area contributed by atoms with Gasteiger partial charge in [0, 0.05) is 6.54 Å². The molecule has 1 aromatic rings. The van der Waals surface area contributed by atoms with E-state index >= 15 is 0 Å². The van der Waals surface area contributed by atoms with E-state index in [9.17, 15) is 14.7 Å². The molecular formula is C13H17NO3. The molecule has 92 valence electrons. The summed E-state index contributed by atoms with van der Waals surface area (Å²) in [5.41, 5.74) is 0.338. The minimum absolute atomic E-state index is 0.347. The predicted molar refractivity (Wildman–Crippen MR) is 64.6 cm³/mol. The number of amides is 1. The number of carbonyl (C=O) groups excluding carboxylic acids is 1. The predicted octanol–water partition coefficient (Wildman–Crippen LogP) is 1.77. The molecule has 0 aliphatic carbocycles. The molecule has 4 heteroatoms. The zero-order valence-electron chi connectivity index (χ0n) is 10.3. The number of nitrogens with zero attached hydrogens (tertiary/aromatic N) is 1. The first kappa shape index (κ1) is 13.2. The number of hydrogen-bond donors (Lipinski definition) is 1. The largest absolute Gasteiger partial charge is 0.479 e. The molecule has 1 rings (SSSR count). The number of benzene rings is 1. The van der Waals surface area contributed by atoms with Crippen LogP contribution in [0.3, 0.4) is 0 Å². The highest BCUT2D eigenvalue weighted by molar-refractivity contribution is 5.82. The van der Waals surface area contributed by atoms with Crippen LogP contribution in [0.1, 0.15) is 25.0 Å². The molecule has 1 aromatic carbocycles. The molecule has 0 saturated carbocycles. The third-order valence-electron chi connectivity index (χ3n) is 3.07. The Hall–Kier alpha value is -1.84. The molecule has 0 aliphatic heterocycles. The summed E-state index contributed by atoms with van der Waals surface area (Å²) in [7, 11) is 0. The lowest BCUT2D eigenvalue weighted by atomic mass is 9.90. The zero-order chi connectivity index (χ0) is 13.1. The molecule has 0 bridgehead atoms. The number of carboxylic acids is 1. The number of carboxylic acid groups (broad SMARTS) is 1.